The van der Waals surface area contributed by atoms with Crippen molar-refractivity contribution in [2.24, 2.45) is 0 Å². The predicted molar refractivity (Wildman–Crippen MR) is 95.1 cm³/mol. The van der Waals surface area contributed by atoms with Crippen LogP contribution >= 0.6 is 0 Å². The van der Waals surface area contributed by atoms with Crippen molar-refractivity contribution in [2.45, 2.75) is 20.0 Å². The second-order valence-electron chi connectivity index (χ2n) is 6.17. The minimum absolute atomic E-state index is 0.611. The molecule has 2 rings (SSSR count). The maximum Gasteiger partial charge on any atom is 0.105 e. The zero-order valence-electron chi connectivity index (χ0n) is 14.4. The lowest BCUT2D eigenvalue weighted by Gasteiger charge is -2.24. The third-order valence-electron chi connectivity index (χ3n) is 4.25. The number of aliphatic hydroxyl groups is 1. The summed E-state index contributed by atoms with van der Waals surface area (Å²) >= 11 is 0. The molecule has 0 aliphatic heterocycles. The molecule has 0 radical (unpaired) electrons. The second-order valence-corrected chi connectivity index (χ2v) is 6.17. The van der Waals surface area contributed by atoms with E-state index in [1.165, 1.54) is 0 Å². The van der Waals surface area contributed by atoms with Crippen LogP contribution in [0.25, 0.3) is 0 Å². The molecule has 2 aromatic rings. The average Bonchev–Trinajstić information content (AvgIpc) is 2.46. The molecule has 1 N–H and O–H groups in total. The molecule has 0 spiro atoms. The van der Waals surface area contributed by atoms with Gasteiger partial charge in [-0.15, -0.1) is 0 Å². The first kappa shape index (κ1) is 16.4. The van der Waals surface area contributed by atoms with Crippen molar-refractivity contribution in [1.29, 1.82) is 0 Å². The Hall–Kier alpha value is -2.00. The van der Waals surface area contributed by atoms with Crippen LogP contribution in [-0.2, 0) is 0 Å². The van der Waals surface area contributed by atoms with Crippen molar-refractivity contribution < 1.29 is 5.11 Å². The van der Waals surface area contributed by atoms with Crippen LogP contribution in [0, 0.1) is 13.8 Å². The van der Waals surface area contributed by atoms with Crippen LogP contribution in [0.2, 0.25) is 0 Å². The highest BCUT2D eigenvalue weighted by Crippen LogP contribution is 2.33. The van der Waals surface area contributed by atoms with Crippen molar-refractivity contribution in [3.8, 4) is 0 Å². The number of hydrogen-bond acceptors (Lipinski definition) is 3. The Balaban J connectivity index is 2.52. The topological polar surface area (TPSA) is 26.7 Å². The maximum atomic E-state index is 10.9. The fourth-order valence-corrected chi connectivity index (χ4v) is 3.01. The number of nitrogens with zero attached hydrogens (tertiary/aromatic N) is 2. The Kier molecular flexibility index (Phi) is 4.77. The molecule has 3 nitrogen and oxygen atoms in total. The summed E-state index contributed by atoms with van der Waals surface area (Å²) in [4.78, 5) is 4.16. The summed E-state index contributed by atoms with van der Waals surface area (Å²) in [7, 11) is 8.10. The molecule has 22 heavy (non-hydrogen) atoms. The predicted octanol–water partition coefficient (Wildman–Crippen LogP) is 3.52. The van der Waals surface area contributed by atoms with Gasteiger partial charge in [0, 0.05) is 39.6 Å². The third-order valence-corrected chi connectivity index (χ3v) is 4.25. The Morgan fingerprint density at radius 1 is 0.727 bits per heavy atom. The first-order valence-electron chi connectivity index (χ1n) is 7.56. The van der Waals surface area contributed by atoms with Crippen molar-refractivity contribution in [1.82, 2.24) is 0 Å². The minimum Gasteiger partial charge on any atom is -0.384 e. The summed E-state index contributed by atoms with van der Waals surface area (Å²) in [5.41, 5.74) is 6.44. The molecular weight excluding hydrogens is 272 g/mol. The summed E-state index contributed by atoms with van der Waals surface area (Å²) in [5, 5.41) is 10.9. The number of hydrogen-bond donors (Lipinski definition) is 1. The maximum absolute atomic E-state index is 10.9. The van der Waals surface area contributed by atoms with Gasteiger partial charge in [-0.1, -0.05) is 24.3 Å². The van der Waals surface area contributed by atoms with E-state index in [-0.39, 0.29) is 0 Å². The molecule has 0 bridgehead atoms. The van der Waals surface area contributed by atoms with Crippen molar-refractivity contribution in [3.05, 3.63) is 58.7 Å². The molecule has 0 aromatic heterocycles. The van der Waals surface area contributed by atoms with Gasteiger partial charge in [0.05, 0.1) is 0 Å². The lowest BCUT2D eigenvalue weighted by molar-refractivity contribution is 0.219. The molecule has 0 heterocycles. The number of benzene rings is 2. The fraction of sp³-hybridized carbons (Fsp3) is 0.368. The van der Waals surface area contributed by atoms with Crippen LogP contribution in [0.1, 0.15) is 28.4 Å². The van der Waals surface area contributed by atoms with Crippen LogP contribution in [0.4, 0.5) is 11.4 Å². The van der Waals surface area contributed by atoms with Crippen molar-refractivity contribution >= 4 is 11.4 Å². The lowest BCUT2D eigenvalue weighted by Crippen LogP contribution is -2.14. The Morgan fingerprint density at radius 2 is 1.09 bits per heavy atom. The quantitative estimate of drug-likeness (QED) is 0.935. The summed E-state index contributed by atoms with van der Waals surface area (Å²) in [6.45, 7) is 4.14. The van der Waals surface area contributed by atoms with Gasteiger partial charge in [-0.25, -0.2) is 0 Å². The van der Waals surface area contributed by atoms with E-state index >= 15 is 0 Å². The Labute approximate surface area is 133 Å². The van der Waals surface area contributed by atoms with Crippen LogP contribution < -0.4 is 9.80 Å². The number of aliphatic hydroxyl groups excluding tert-OH is 1. The zero-order valence-corrected chi connectivity index (χ0v) is 14.4. The van der Waals surface area contributed by atoms with Crippen molar-refractivity contribution in [3.63, 3.8) is 0 Å². The first-order valence-corrected chi connectivity index (χ1v) is 7.56. The highest BCUT2D eigenvalue weighted by Gasteiger charge is 2.18. The normalized spacial score (nSPS) is 10.9. The van der Waals surface area contributed by atoms with Gasteiger partial charge in [-0.2, -0.15) is 0 Å². The molecule has 118 valence electrons. The van der Waals surface area contributed by atoms with E-state index in [2.05, 4.69) is 35.8 Å². The molecule has 0 aliphatic rings. The van der Waals surface area contributed by atoms with Gasteiger partial charge >= 0.3 is 0 Å². The van der Waals surface area contributed by atoms with E-state index in [4.69, 9.17) is 0 Å². The van der Waals surface area contributed by atoms with E-state index in [0.717, 1.165) is 33.6 Å². The molecular formula is C19H26N2O. The summed E-state index contributed by atoms with van der Waals surface area (Å²) in [6.07, 6.45) is -0.611. The molecule has 0 aliphatic carbocycles. The van der Waals surface area contributed by atoms with Gasteiger partial charge in [0.25, 0.3) is 0 Å². The molecule has 0 atom stereocenters. The average molecular weight is 298 g/mol. The van der Waals surface area contributed by atoms with Gasteiger partial charge in [-0.05, 0) is 48.2 Å². The summed E-state index contributed by atoms with van der Waals surface area (Å²) in [5.74, 6) is 0. The van der Waals surface area contributed by atoms with Gasteiger partial charge in [0.2, 0.25) is 0 Å². The SMILES string of the molecule is Cc1c(C(O)c2cccc(N(C)C)c2C)cccc1N(C)C. The largest absolute Gasteiger partial charge is 0.384 e. The molecule has 2 aromatic carbocycles. The van der Waals surface area contributed by atoms with Crippen LogP contribution in [0.3, 0.4) is 0 Å². The number of rotatable bonds is 4. The molecule has 0 saturated carbocycles. The van der Waals surface area contributed by atoms with Gasteiger partial charge in [0.15, 0.2) is 0 Å². The number of anilines is 2. The van der Waals surface area contributed by atoms with E-state index in [1.54, 1.807) is 0 Å². The summed E-state index contributed by atoms with van der Waals surface area (Å²) < 4.78 is 0. The van der Waals surface area contributed by atoms with Gasteiger partial charge in [-0.3, -0.25) is 0 Å². The molecule has 0 amide bonds. The Morgan fingerprint density at radius 3 is 1.41 bits per heavy atom. The zero-order chi connectivity index (χ0) is 16.4. The van der Waals surface area contributed by atoms with E-state index in [0.29, 0.717) is 0 Å². The first-order chi connectivity index (χ1) is 10.3. The van der Waals surface area contributed by atoms with Crippen LogP contribution in [0.5, 0.6) is 0 Å². The Bertz CT molecular complexity index is 605. The summed E-state index contributed by atoms with van der Waals surface area (Å²) in [6, 6.07) is 12.2. The molecule has 0 saturated heterocycles. The molecule has 0 fully saturated rings. The van der Waals surface area contributed by atoms with E-state index in [9.17, 15) is 5.11 Å². The lowest BCUT2D eigenvalue weighted by atomic mass is 9.92. The fourth-order valence-electron chi connectivity index (χ4n) is 3.01. The van der Waals surface area contributed by atoms with Gasteiger partial charge < -0.3 is 14.9 Å². The minimum atomic E-state index is -0.611. The van der Waals surface area contributed by atoms with Crippen LogP contribution in [0.15, 0.2) is 36.4 Å². The van der Waals surface area contributed by atoms with Crippen LogP contribution in [-0.4, -0.2) is 33.3 Å². The smallest absolute Gasteiger partial charge is 0.105 e. The van der Waals surface area contributed by atoms with E-state index in [1.807, 2.05) is 52.5 Å². The highest BCUT2D eigenvalue weighted by molar-refractivity contribution is 5.60. The molecule has 3 heteroatoms. The van der Waals surface area contributed by atoms with E-state index < -0.39 is 6.10 Å². The third kappa shape index (κ3) is 2.95. The molecule has 0 unspecified atom stereocenters. The van der Waals surface area contributed by atoms with Crippen molar-refractivity contribution in [2.75, 3.05) is 38.0 Å². The monoisotopic (exact) mass is 298 g/mol. The van der Waals surface area contributed by atoms with Gasteiger partial charge in [0.1, 0.15) is 6.10 Å². The highest BCUT2D eigenvalue weighted by atomic mass is 16.3. The second kappa shape index (κ2) is 6.41. The standard InChI is InChI=1S/C19H26N2O/c1-13-15(9-7-11-17(13)20(3)4)19(22)16-10-8-12-18(14(16)2)21(5)6/h7-12,19,22H,1-6H3.